The molecule has 172 valence electrons. The lowest BCUT2D eigenvalue weighted by molar-refractivity contribution is -0.147. The van der Waals surface area contributed by atoms with Crippen LogP contribution in [0.3, 0.4) is 0 Å². The molecule has 1 amide bonds. The van der Waals surface area contributed by atoms with Crippen LogP contribution < -0.4 is 14.8 Å². The van der Waals surface area contributed by atoms with Crippen LogP contribution in [0.2, 0.25) is 5.02 Å². The van der Waals surface area contributed by atoms with Gasteiger partial charge in [-0.15, -0.1) is 0 Å². The first kappa shape index (κ1) is 23.8. The average Bonchev–Trinajstić information content (AvgIpc) is 2.95. The fourth-order valence-corrected chi connectivity index (χ4v) is 4.22. The Labute approximate surface area is 183 Å². The molecule has 0 radical (unpaired) electrons. The van der Waals surface area contributed by atoms with Gasteiger partial charge in [-0.2, -0.15) is 26.3 Å². The number of nitrogens with one attached hydrogen (secondary N) is 3. The van der Waals surface area contributed by atoms with E-state index in [1.165, 1.54) is 33.5 Å². The molecule has 0 fully saturated rings. The third kappa shape index (κ3) is 4.95. The van der Waals surface area contributed by atoms with Crippen molar-refractivity contribution < 1.29 is 35.2 Å². The van der Waals surface area contributed by atoms with Crippen molar-refractivity contribution in [3.8, 4) is 0 Å². The summed E-state index contributed by atoms with van der Waals surface area (Å²) in [4.78, 5) is 12.8. The molecule has 2 aromatic heterocycles. The van der Waals surface area contributed by atoms with Gasteiger partial charge in [-0.25, -0.2) is 8.78 Å². The maximum absolute atomic E-state index is 13.4. The molecule has 0 bridgehead atoms. The smallest absolute Gasteiger partial charge is 0.321 e. The van der Waals surface area contributed by atoms with Crippen molar-refractivity contribution in [3.05, 3.63) is 64.9 Å². The highest BCUT2D eigenvalue weighted by Crippen LogP contribution is 2.35. The number of amides is 1. The van der Waals surface area contributed by atoms with E-state index in [1.807, 2.05) is 4.72 Å². The van der Waals surface area contributed by atoms with Crippen molar-refractivity contribution in [2.24, 2.45) is 0 Å². The van der Waals surface area contributed by atoms with Crippen molar-refractivity contribution in [3.63, 3.8) is 0 Å². The zero-order valence-electron chi connectivity index (χ0n) is 16.0. The van der Waals surface area contributed by atoms with Gasteiger partial charge in [0.2, 0.25) is 0 Å². The number of alkyl halides is 3. The van der Waals surface area contributed by atoms with Crippen molar-refractivity contribution in [1.29, 1.82) is 0 Å². The Kier molecular flexibility index (Phi) is 6.36. The van der Waals surface area contributed by atoms with E-state index in [4.69, 9.17) is 11.6 Å². The topological polar surface area (TPSA) is 91.7 Å². The van der Waals surface area contributed by atoms with Crippen molar-refractivity contribution in [1.82, 2.24) is 9.12 Å². The number of hydrogen-bond donors (Lipinski definition) is 3. The van der Waals surface area contributed by atoms with Gasteiger partial charge >= 0.3 is 6.18 Å². The van der Waals surface area contributed by atoms with Crippen molar-refractivity contribution >= 4 is 44.6 Å². The molecule has 0 spiro atoms. The minimum atomic E-state index is -4.84. The molecule has 2 heterocycles. The quantitative estimate of drug-likeness (QED) is 0.444. The second-order valence-electron chi connectivity index (χ2n) is 6.56. The molecule has 0 aliphatic carbocycles. The summed E-state index contributed by atoms with van der Waals surface area (Å²) in [6, 6.07) is 4.53. The minimum Gasteiger partial charge on any atom is -0.321 e. The molecule has 1 atom stereocenters. The second-order valence-corrected chi connectivity index (χ2v) is 8.39. The number of fused-ring (bicyclic) bond motifs is 1. The van der Waals surface area contributed by atoms with Crippen molar-refractivity contribution in [2.45, 2.75) is 19.1 Å². The molecule has 0 aliphatic rings. The summed E-state index contributed by atoms with van der Waals surface area (Å²) in [5.74, 6) is -3.26. The molecule has 1 aromatic carbocycles. The molecule has 0 saturated carbocycles. The van der Waals surface area contributed by atoms with Gasteiger partial charge < -0.3 is 9.72 Å². The van der Waals surface area contributed by atoms with Gasteiger partial charge in [-0.05, 0) is 31.2 Å². The van der Waals surface area contributed by atoms with Gasteiger partial charge in [0.05, 0.1) is 16.2 Å². The summed E-state index contributed by atoms with van der Waals surface area (Å²) in [5, 5.41) is 1.87. The first-order valence-electron chi connectivity index (χ1n) is 8.72. The Morgan fingerprint density at radius 1 is 1.12 bits per heavy atom. The summed E-state index contributed by atoms with van der Waals surface area (Å²) in [6.45, 7) is 0.611. The molecule has 3 N–H and O–H groups in total. The summed E-state index contributed by atoms with van der Waals surface area (Å²) in [6.07, 6.45) is -3.48. The van der Waals surface area contributed by atoms with E-state index in [-0.39, 0.29) is 22.6 Å². The van der Waals surface area contributed by atoms with Crippen LogP contribution in [0.25, 0.3) is 5.52 Å². The standard InChI is InChI=1S/C18H14ClF5N4O3S/c1-9(18(22,23)24)26-32(30,31)27-15-13-4-2-3-7-28(13)16(14(15)19)17(29)25-10-5-6-11(20)12(21)8-10/h2-9,26-27H,1H3,(H,25,29). The molecule has 1 unspecified atom stereocenters. The Balaban J connectivity index is 1.99. The number of rotatable bonds is 6. The summed E-state index contributed by atoms with van der Waals surface area (Å²) < 4.78 is 93.7. The second kappa shape index (κ2) is 8.56. The molecule has 32 heavy (non-hydrogen) atoms. The lowest BCUT2D eigenvalue weighted by Gasteiger charge is -2.17. The van der Waals surface area contributed by atoms with Crippen LogP contribution in [0.4, 0.5) is 33.3 Å². The average molecular weight is 497 g/mol. The molecule has 7 nitrogen and oxygen atoms in total. The van der Waals surface area contributed by atoms with E-state index in [0.29, 0.717) is 6.92 Å². The maximum atomic E-state index is 13.4. The van der Waals surface area contributed by atoms with Crippen LogP contribution in [-0.4, -0.2) is 30.9 Å². The zero-order chi connectivity index (χ0) is 23.8. The Morgan fingerprint density at radius 2 is 1.81 bits per heavy atom. The lowest BCUT2D eigenvalue weighted by atomic mass is 10.3. The molecular formula is C18H14ClF5N4O3S. The van der Waals surface area contributed by atoms with Gasteiger partial charge in [0.1, 0.15) is 11.7 Å². The number of nitrogens with zero attached hydrogens (tertiary/aromatic N) is 1. The van der Waals surface area contributed by atoms with Gasteiger partial charge in [-0.1, -0.05) is 17.7 Å². The summed E-state index contributed by atoms with van der Waals surface area (Å²) >= 11 is 6.21. The Hall–Kier alpha value is -2.90. The van der Waals surface area contributed by atoms with Crippen LogP contribution in [0.1, 0.15) is 17.4 Å². The van der Waals surface area contributed by atoms with Gasteiger partial charge in [-0.3, -0.25) is 9.52 Å². The molecule has 14 heteroatoms. The van der Waals surface area contributed by atoms with E-state index in [1.54, 1.807) is 0 Å². The predicted octanol–water partition coefficient (Wildman–Crippen LogP) is 4.32. The van der Waals surface area contributed by atoms with E-state index < -0.39 is 45.0 Å². The minimum absolute atomic E-state index is 0.0537. The highest BCUT2D eigenvalue weighted by Gasteiger charge is 2.39. The molecule has 0 saturated heterocycles. The summed E-state index contributed by atoms with van der Waals surface area (Å²) in [7, 11) is -4.75. The number of anilines is 2. The summed E-state index contributed by atoms with van der Waals surface area (Å²) in [5.41, 5.74) is -0.713. The molecule has 3 aromatic rings. The van der Waals surface area contributed by atoms with E-state index in [0.717, 1.165) is 18.2 Å². The Bertz CT molecular complexity index is 1290. The fraction of sp³-hybridized carbons (Fsp3) is 0.167. The first-order chi connectivity index (χ1) is 14.8. The van der Waals surface area contributed by atoms with Crippen LogP contribution in [0.15, 0.2) is 42.6 Å². The molecule has 3 rings (SSSR count). The third-order valence-corrected chi connectivity index (χ3v) is 5.74. The number of halogens is 6. The SMILES string of the molecule is CC(NS(=O)(=O)Nc1c(Cl)c(C(=O)Nc2ccc(F)c(F)c2)n2ccccc12)C(F)(F)F. The molecular weight excluding hydrogens is 483 g/mol. The van der Waals surface area contributed by atoms with Gasteiger partial charge in [0, 0.05) is 18.0 Å². The first-order valence-corrected chi connectivity index (χ1v) is 10.6. The number of aromatic nitrogens is 1. The van der Waals surface area contributed by atoms with Crippen LogP contribution in [-0.2, 0) is 10.2 Å². The number of pyridine rings is 1. The van der Waals surface area contributed by atoms with Gasteiger partial charge in [0.15, 0.2) is 11.6 Å². The maximum Gasteiger partial charge on any atom is 0.404 e. The number of carbonyl (C=O) groups is 1. The van der Waals surface area contributed by atoms with Crippen LogP contribution in [0.5, 0.6) is 0 Å². The monoisotopic (exact) mass is 496 g/mol. The zero-order valence-corrected chi connectivity index (χ0v) is 17.5. The van der Waals surface area contributed by atoms with Gasteiger partial charge in [0.25, 0.3) is 16.1 Å². The number of benzene rings is 1. The van der Waals surface area contributed by atoms with E-state index >= 15 is 0 Å². The van der Waals surface area contributed by atoms with Crippen LogP contribution in [0, 0.1) is 11.6 Å². The highest BCUT2D eigenvalue weighted by atomic mass is 35.5. The normalized spacial score (nSPS) is 13.2. The number of hydrogen-bond acceptors (Lipinski definition) is 3. The third-order valence-electron chi connectivity index (χ3n) is 4.24. The van der Waals surface area contributed by atoms with Crippen molar-refractivity contribution in [2.75, 3.05) is 10.0 Å². The van der Waals surface area contributed by atoms with E-state index in [9.17, 15) is 35.2 Å². The fourth-order valence-electron chi connectivity index (χ4n) is 2.71. The highest BCUT2D eigenvalue weighted by molar-refractivity contribution is 7.90. The van der Waals surface area contributed by atoms with E-state index in [2.05, 4.69) is 5.32 Å². The van der Waals surface area contributed by atoms with Crippen LogP contribution >= 0.6 is 11.6 Å². The Morgan fingerprint density at radius 3 is 2.44 bits per heavy atom. The number of carbonyl (C=O) groups excluding carboxylic acids is 1. The predicted molar refractivity (Wildman–Crippen MR) is 108 cm³/mol. The molecule has 0 aliphatic heterocycles. The largest absolute Gasteiger partial charge is 0.404 e. The lowest BCUT2D eigenvalue weighted by Crippen LogP contribution is -2.45.